The number of nitrogens with zero attached hydrogens (tertiary/aromatic N) is 2. The molecule has 0 bridgehead atoms. The lowest BCUT2D eigenvalue weighted by Gasteiger charge is -2.41. The molecule has 0 heterocycles. The first-order valence-corrected chi connectivity index (χ1v) is 9.81. The molecule has 0 aromatic heterocycles. The van der Waals surface area contributed by atoms with E-state index >= 15 is 0 Å². The van der Waals surface area contributed by atoms with Gasteiger partial charge in [-0.25, -0.2) is 0 Å². The van der Waals surface area contributed by atoms with Crippen molar-refractivity contribution in [1.82, 2.24) is 9.34 Å². The molecule has 0 fully saturated rings. The highest BCUT2D eigenvalue weighted by Gasteiger charge is 2.35. The Labute approximate surface area is 133 Å². The molecule has 0 aliphatic rings. The summed E-state index contributed by atoms with van der Waals surface area (Å²) in [7, 11) is 8.39. The van der Waals surface area contributed by atoms with Crippen LogP contribution < -0.4 is 0 Å². The summed E-state index contributed by atoms with van der Waals surface area (Å²) in [5.74, 6) is 0. The van der Waals surface area contributed by atoms with E-state index in [-0.39, 0.29) is 5.66 Å². The number of rotatable bonds is 5. The van der Waals surface area contributed by atoms with Gasteiger partial charge in [0.1, 0.15) is 0 Å². The summed E-state index contributed by atoms with van der Waals surface area (Å²) >= 11 is 6.20. The Kier molecular flexibility index (Phi) is 5.34. The van der Waals surface area contributed by atoms with Gasteiger partial charge < -0.3 is 0 Å². The van der Waals surface area contributed by atoms with Crippen LogP contribution in [0.4, 0.5) is 0 Å². The van der Waals surface area contributed by atoms with E-state index in [9.17, 15) is 0 Å². The van der Waals surface area contributed by atoms with Gasteiger partial charge in [-0.1, -0.05) is 72.5 Å². The molecule has 0 aliphatic heterocycles. The van der Waals surface area contributed by atoms with Gasteiger partial charge in [0.05, 0.1) is 12.0 Å². The van der Waals surface area contributed by atoms with Gasteiger partial charge in [-0.15, -0.1) is 0 Å². The van der Waals surface area contributed by atoms with Gasteiger partial charge in [0.25, 0.3) is 0 Å². The minimum absolute atomic E-state index is 0.208. The van der Waals surface area contributed by atoms with E-state index in [2.05, 4.69) is 98.2 Å². The van der Waals surface area contributed by atoms with Crippen molar-refractivity contribution in [3.8, 4) is 0 Å². The summed E-state index contributed by atoms with van der Waals surface area (Å²) in [6.45, 7) is 0. The molecule has 0 amide bonds. The topological polar surface area (TPSA) is 6.48 Å². The first-order valence-electron chi connectivity index (χ1n) is 7.03. The Morgan fingerprint density at radius 2 is 1.05 bits per heavy atom. The van der Waals surface area contributed by atoms with E-state index in [1.165, 1.54) is 11.1 Å². The van der Waals surface area contributed by atoms with Gasteiger partial charge in [-0.05, 0) is 39.3 Å². The second-order valence-electron chi connectivity index (χ2n) is 5.51. The first kappa shape index (κ1) is 16.4. The summed E-state index contributed by atoms with van der Waals surface area (Å²) in [5, 5.41) is 0. The molecule has 0 saturated carbocycles. The predicted octanol–water partition coefficient (Wildman–Crippen LogP) is 4.21. The van der Waals surface area contributed by atoms with Crippen LogP contribution in [-0.4, -0.2) is 37.5 Å². The Bertz CT molecular complexity index is 560. The maximum Gasteiger partial charge on any atom is 0.0881 e. The van der Waals surface area contributed by atoms with E-state index in [1.807, 2.05) is 0 Å². The molecule has 2 nitrogen and oxygen atoms in total. The van der Waals surface area contributed by atoms with Crippen LogP contribution in [0, 0.1) is 0 Å². The Morgan fingerprint density at radius 3 is 1.33 bits per heavy atom. The minimum Gasteiger partial charge on any atom is -0.269 e. The average molecular weight is 318 g/mol. The highest BCUT2D eigenvalue weighted by atomic mass is 32.4. The molecule has 0 N–H and O–H groups in total. The lowest BCUT2D eigenvalue weighted by atomic mass is 10.0. The lowest BCUT2D eigenvalue weighted by Crippen LogP contribution is -2.25. The van der Waals surface area contributed by atoms with Gasteiger partial charge in [-0.2, -0.15) is 0 Å². The fourth-order valence-electron chi connectivity index (χ4n) is 2.67. The third kappa shape index (κ3) is 3.27. The van der Waals surface area contributed by atoms with E-state index in [1.54, 1.807) is 0 Å². The van der Waals surface area contributed by atoms with Crippen molar-refractivity contribution in [3.05, 3.63) is 71.8 Å². The standard InChI is InChI=1S/C17H23N2PS/c1-18(2)20(21,19(3)4)17(15-11-7-5-8-12-15)16-13-9-6-10-14-16/h5-14,17H,1-4H3. The molecular weight excluding hydrogens is 295 g/mol. The van der Waals surface area contributed by atoms with Crippen LogP contribution in [0.2, 0.25) is 0 Å². The summed E-state index contributed by atoms with van der Waals surface area (Å²) in [4.78, 5) is 0. The van der Waals surface area contributed by atoms with Crippen LogP contribution >= 0.6 is 6.34 Å². The molecule has 0 atom stereocenters. The quantitative estimate of drug-likeness (QED) is 0.763. The number of hydrogen-bond acceptors (Lipinski definition) is 1. The monoisotopic (exact) mass is 318 g/mol. The fourth-order valence-corrected chi connectivity index (χ4v) is 6.16. The third-order valence-corrected chi connectivity index (χ3v) is 9.87. The summed E-state index contributed by atoms with van der Waals surface area (Å²) in [5.41, 5.74) is 2.78. The average Bonchev–Trinajstić information content (AvgIpc) is 2.49. The van der Waals surface area contributed by atoms with Crippen molar-refractivity contribution in [2.75, 3.05) is 28.2 Å². The zero-order chi connectivity index (χ0) is 15.5. The van der Waals surface area contributed by atoms with Crippen molar-refractivity contribution in [2.45, 2.75) is 5.66 Å². The van der Waals surface area contributed by atoms with Crippen LogP contribution in [-0.2, 0) is 11.8 Å². The molecule has 21 heavy (non-hydrogen) atoms. The molecule has 2 aromatic carbocycles. The van der Waals surface area contributed by atoms with Crippen LogP contribution in [0.25, 0.3) is 0 Å². The second kappa shape index (κ2) is 6.85. The Hall–Kier alpha value is -0.990. The van der Waals surface area contributed by atoms with Gasteiger partial charge in [0.15, 0.2) is 0 Å². The summed E-state index contributed by atoms with van der Waals surface area (Å²) in [6.07, 6.45) is -1.92. The lowest BCUT2D eigenvalue weighted by molar-refractivity contribution is 0.561. The zero-order valence-electron chi connectivity index (χ0n) is 13.1. The molecule has 112 valence electrons. The van der Waals surface area contributed by atoms with Gasteiger partial charge in [-0.3, -0.25) is 9.34 Å². The molecule has 2 aromatic rings. The summed E-state index contributed by atoms with van der Waals surface area (Å²) < 4.78 is 4.46. The maximum absolute atomic E-state index is 6.20. The molecule has 0 aliphatic carbocycles. The molecule has 0 radical (unpaired) electrons. The van der Waals surface area contributed by atoms with Crippen molar-refractivity contribution >= 4 is 18.1 Å². The van der Waals surface area contributed by atoms with Crippen LogP contribution in [0.15, 0.2) is 60.7 Å². The normalized spacial score (nSPS) is 12.3. The van der Waals surface area contributed by atoms with Crippen molar-refractivity contribution < 1.29 is 0 Å². The van der Waals surface area contributed by atoms with Crippen LogP contribution in [0.1, 0.15) is 16.8 Å². The van der Waals surface area contributed by atoms with E-state index in [4.69, 9.17) is 11.8 Å². The molecule has 4 heteroatoms. The molecule has 0 spiro atoms. The maximum atomic E-state index is 6.20. The largest absolute Gasteiger partial charge is 0.269 e. The smallest absolute Gasteiger partial charge is 0.0881 e. The fraction of sp³-hybridized carbons (Fsp3) is 0.294. The SMILES string of the molecule is CN(C)P(=S)(C(c1ccccc1)c1ccccc1)N(C)C. The van der Waals surface area contributed by atoms with Crippen molar-refractivity contribution in [3.63, 3.8) is 0 Å². The number of hydrogen-bond donors (Lipinski definition) is 0. The predicted molar refractivity (Wildman–Crippen MR) is 96.4 cm³/mol. The Morgan fingerprint density at radius 1 is 0.714 bits per heavy atom. The summed E-state index contributed by atoms with van der Waals surface area (Å²) in [6, 6.07) is 21.2. The zero-order valence-corrected chi connectivity index (χ0v) is 14.8. The van der Waals surface area contributed by atoms with Crippen LogP contribution in [0.5, 0.6) is 0 Å². The second-order valence-corrected chi connectivity index (χ2v) is 10.4. The molecule has 2 rings (SSSR count). The highest BCUT2D eigenvalue weighted by molar-refractivity contribution is 8.12. The number of benzene rings is 2. The first-order chi connectivity index (χ1) is 9.98. The molecule has 0 unspecified atom stereocenters. The van der Waals surface area contributed by atoms with Gasteiger partial charge in [0.2, 0.25) is 0 Å². The van der Waals surface area contributed by atoms with Crippen LogP contribution in [0.3, 0.4) is 0 Å². The van der Waals surface area contributed by atoms with Crippen molar-refractivity contribution in [2.24, 2.45) is 0 Å². The van der Waals surface area contributed by atoms with Crippen molar-refractivity contribution in [1.29, 1.82) is 0 Å². The van der Waals surface area contributed by atoms with Gasteiger partial charge >= 0.3 is 0 Å². The van der Waals surface area contributed by atoms with E-state index in [0.717, 1.165) is 0 Å². The molecule has 0 saturated heterocycles. The van der Waals surface area contributed by atoms with E-state index in [0.29, 0.717) is 0 Å². The van der Waals surface area contributed by atoms with E-state index < -0.39 is 6.34 Å². The molecular formula is C17H23N2PS. The van der Waals surface area contributed by atoms with Gasteiger partial charge in [0, 0.05) is 0 Å². The minimum atomic E-state index is -1.92. The highest BCUT2D eigenvalue weighted by Crippen LogP contribution is 2.64. The Balaban J connectivity index is 2.65. The third-order valence-electron chi connectivity index (χ3n) is 3.71.